The van der Waals surface area contributed by atoms with Gasteiger partial charge in [-0.2, -0.15) is 0 Å². The van der Waals surface area contributed by atoms with Crippen LogP contribution < -0.4 is 0 Å². The number of H-pyrrole nitrogens is 1. The molecule has 1 N–H and O–H groups in total. The summed E-state index contributed by atoms with van der Waals surface area (Å²) in [5.74, 6) is 1.81. The zero-order valence-electron chi connectivity index (χ0n) is 13.8. The van der Waals surface area contributed by atoms with Crippen LogP contribution in [0.5, 0.6) is 0 Å². The predicted octanol–water partition coefficient (Wildman–Crippen LogP) is 2.76. The molecule has 0 aromatic carbocycles. The average molecular weight is 325 g/mol. The molecular weight excluding hydrogens is 302 g/mol. The second-order valence-electron chi connectivity index (χ2n) is 6.85. The van der Waals surface area contributed by atoms with E-state index in [1.807, 2.05) is 6.20 Å². The highest BCUT2D eigenvalue weighted by Crippen LogP contribution is 2.31. The molecule has 1 aliphatic heterocycles. The summed E-state index contributed by atoms with van der Waals surface area (Å²) in [4.78, 5) is 30.9. The third-order valence-electron chi connectivity index (χ3n) is 5.34. The van der Waals surface area contributed by atoms with E-state index in [4.69, 9.17) is 0 Å². The van der Waals surface area contributed by atoms with Crippen molar-refractivity contribution in [1.82, 2.24) is 24.8 Å². The Kier molecular flexibility index (Phi) is 4.28. The van der Waals surface area contributed by atoms with Gasteiger partial charge in [-0.05, 0) is 25.7 Å². The van der Waals surface area contributed by atoms with Gasteiger partial charge in [-0.25, -0.2) is 9.97 Å². The first-order chi connectivity index (χ1) is 11.8. The fourth-order valence-electron chi connectivity index (χ4n) is 3.90. The van der Waals surface area contributed by atoms with Gasteiger partial charge < -0.3 is 9.88 Å². The second kappa shape index (κ2) is 6.71. The third kappa shape index (κ3) is 3.05. The van der Waals surface area contributed by atoms with E-state index in [0.717, 1.165) is 56.0 Å². The molecule has 4 rings (SSSR count). The lowest BCUT2D eigenvalue weighted by Gasteiger charge is -2.33. The minimum atomic E-state index is 0.286. The molecule has 126 valence electrons. The lowest BCUT2D eigenvalue weighted by atomic mass is 9.92. The predicted molar refractivity (Wildman–Crippen MR) is 90.1 cm³/mol. The Morgan fingerprint density at radius 1 is 1.04 bits per heavy atom. The first-order valence-electron chi connectivity index (χ1n) is 8.92. The maximum Gasteiger partial charge on any atom is 0.225 e. The van der Waals surface area contributed by atoms with E-state index >= 15 is 0 Å². The molecule has 1 amide bonds. The van der Waals surface area contributed by atoms with Crippen molar-refractivity contribution >= 4 is 5.91 Å². The van der Waals surface area contributed by atoms with E-state index in [1.54, 1.807) is 18.6 Å². The van der Waals surface area contributed by atoms with Crippen LogP contribution >= 0.6 is 0 Å². The number of nitrogens with zero attached hydrogens (tertiary/aromatic N) is 4. The van der Waals surface area contributed by atoms with Crippen molar-refractivity contribution in [2.45, 2.75) is 44.4 Å². The van der Waals surface area contributed by atoms with Gasteiger partial charge in [0.15, 0.2) is 5.82 Å². The molecule has 0 unspecified atom stereocenters. The highest BCUT2D eigenvalue weighted by molar-refractivity contribution is 5.79. The topological polar surface area (TPSA) is 74.8 Å². The van der Waals surface area contributed by atoms with Gasteiger partial charge in [0.2, 0.25) is 5.91 Å². The summed E-state index contributed by atoms with van der Waals surface area (Å²) in [7, 11) is 0. The second-order valence-corrected chi connectivity index (χ2v) is 6.85. The summed E-state index contributed by atoms with van der Waals surface area (Å²) in [5, 5.41) is 0. The van der Waals surface area contributed by atoms with E-state index in [9.17, 15) is 4.79 Å². The molecule has 1 aliphatic carbocycles. The van der Waals surface area contributed by atoms with Gasteiger partial charge in [-0.1, -0.05) is 12.8 Å². The van der Waals surface area contributed by atoms with Gasteiger partial charge in [-0.15, -0.1) is 0 Å². The number of aromatic amines is 1. The smallest absolute Gasteiger partial charge is 0.225 e. The normalized spacial score (nSPS) is 19.8. The Labute approximate surface area is 141 Å². The lowest BCUT2D eigenvalue weighted by Crippen LogP contribution is -2.40. The Morgan fingerprint density at radius 3 is 2.46 bits per heavy atom. The summed E-state index contributed by atoms with van der Waals surface area (Å²) in [6.45, 7) is 1.70. The van der Waals surface area contributed by atoms with Crippen molar-refractivity contribution in [3.8, 4) is 11.5 Å². The number of aromatic nitrogens is 4. The molecule has 0 spiro atoms. The molecule has 2 aromatic rings. The van der Waals surface area contributed by atoms with Gasteiger partial charge >= 0.3 is 0 Å². The van der Waals surface area contributed by atoms with Crippen molar-refractivity contribution in [1.29, 1.82) is 0 Å². The zero-order valence-corrected chi connectivity index (χ0v) is 13.8. The minimum Gasteiger partial charge on any atom is -0.343 e. The summed E-state index contributed by atoms with van der Waals surface area (Å²) in [6, 6.07) is 0. The molecule has 0 bridgehead atoms. The Morgan fingerprint density at radius 2 is 1.83 bits per heavy atom. The minimum absolute atomic E-state index is 0.286. The van der Waals surface area contributed by atoms with Gasteiger partial charge in [0.05, 0.1) is 11.9 Å². The molecule has 0 atom stereocenters. The number of hydrogen-bond acceptors (Lipinski definition) is 4. The summed E-state index contributed by atoms with van der Waals surface area (Å²) in [5.41, 5.74) is 1.79. The number of amides is 1. The van der Waals surface area contributed by atoms with Gasteiger partial charge in [0.25, 0.3) is 0 Å². The molecule has 24 heavy (non-hydrogen) atoms. The molecule has 2 aliphatic rings. The Hall–Kier alpha value is -2.24. The average Bonchev–Trinajstić information content (AvgIpc) is 3.35. The quantitative estimate of drug-likeness (QED) is 0.941. The van der Waals surface area contributed by atoms with Crippen LogP contribution in [0.1, 0.15) is 50.1 Å². The first-order valence-corrected chi connectivity index (χ1v) is 8.92. The Balaban J connectivity index is 1.36. The number of imidazole rings is 1. The van der Waals surface area contributed by atoms with Crippen LogP contribution in [-0.4, -0.2) is 43.8 Å². The number of carbonyl (C=O) groups excluding carboxylic acids is 1. The number of likely N-dealkylation sites (tertiary alicyclic amines) is 1. The van der Waals surface area contributed by atoms with E-state index in [2.05, 4.69) is 24.8 Å². The van der Waals surface area contributed by atoms with Crippen LogP contribution in [0.15, 0.2) is 24.8 Å². The number of piperidine rings is 1. The largest absolute Gasteiger partial charge is 0.343 e. The number of hydrogen-bond donors (Lipinski definition) is 1. The monoisotopic (exact) mass is 325 g/mol. The summed E-state index contributed by atoms with van der Waals surface area (Å²) in [6.07, 6.45) is 13.7. The van der Waals surface area contributed by atoms with Crippen molar-refractivity contribution in [2.75, 3.05) is 13.1 Å². The number of rotatable bonds is 3. The van der Waals surface area contributed by atoms with Gasteiger partial charge in [-0.3, -0.25) is 9.78 Å². The van der Waals surface area contributed by atoms with E-state index in [0.29, 0.717) is 11.8 Å². The molecule has 0 radical (unpaired) electrons. The van der Waals surface area contributed by atoms with Gasteiger partial charge in [0.1, 0.15) is 5.69 Å². The Bertz CT molecular complexity index is 668. The number of nitrogens with one attached hydrogen (secondary N) is 1. The lowest BCUT2D eigenvalue weighted by molar-refractivity contribution is -0.136. The zero-order chi connectivity index (χ0) is 16.4. The maximum atomic E-state index is 12.5. The van der Waals surface area contributed by atoms with Crippen LogP contribution in [0.3, 0.4) is 0 Å². The SMILES string of the molecule is O=C(C1CCCC1)N1CCC(c2cnc(-c3ncc[nH]3)cn2)CC1. The van der Waals surface area contributed by atoms with Crippen LogP contribution in [-0.2, 0) is 4.79 Å². The molecule has 1 saturated heterocycles. The van der Waals surface area contributed by atoms with Crippen molar-refractivity contribution in [3.63, 3.8) is 0 Å². The highest BCUT2D eigenvalue weighted by atomic mass is 16.2. The summed E-state index contributed by atoms with van der Waals surface area (Å²) < 4.78 is 0. The van der Waals surface area contributed by atoms with Gasteiger partial charge in [0, 0.05) is 43.5 Å². The first kappa shape index (κ1) is 15.3. The van der Waals surface area contributed by atoms with E-state index in [-0.39, 0.29) is 5.92 Å². The van der Waals surface area contributed by atoms with Crippen LogP contribution in [0.25, 0.3) is 11.5 Å². The maximum absolute atomic E-state index is 12.5. The van der Waals surface area contributed by atoms with Crippen LogP contribution in [0, 0.1) is 5.92 Å². The van der Waals surface area contributed by atoms with Crippen LogP contribution in [0.4, 0.5) is 0 Å². The molecule has 2 fully saturated rings. The third-order valence-corrected chi connectivity index (χ3v) is 5.34. The van der Waals surface area contributed by atoms with Crippen molar-refractivity contribution in [2.24, 2.45) is 5.92 Å². The van der Waals surface area contributed by atoms with Crippen molar-refractivity contribution < 1.29 is 4.79 Å². The van der Waals surface area contributed by atoms with Crippen molar-refractivity contribution in [3.05, 3.63) is 30.5 Å². The highest BCUT2D eigenvalue weighted by Gasteiger charge is 2.30. The molecular formula is C18H23N5O. The number of carbonyl (C=O) groups is 1. The van der Waals surface area contributed by atoms with E-state index < -0.39 is 0 Å². The standard InChI is InChI=1S/C18H23N5O/c24-18(14-3-1-2-4-14)23-9-5-13(6-10-23)15-11-22-16(12-21-15)17-19-7-8-20-17/h7-8,11-14H,1-6,9-10H2,(H,19,20). The van der Waals surface area contributed by atoms with E-state index in [1.165, 1.54) is 12.8 Å². The molecule has 2 aromatic heterocycles. The molecule has 6 heteroatoms. The fourth-order valence-corrected chi connectivity index (χ4v) is 3.90. The molecule has 1 saturated carbocycles. The summed E-state index contributed by atoms with van der Waals surface area (Å²) >= 11 is 0. The fraction of sp³-hybridized carbons (Fsp3) is 0.556. The molecule has 3 heterocycles. The molecule has 6 nitrogen and oxygen atoms in total. The van der Waals surface area contributed by atoms with Crippen LogP contribution in [0.2, 0.25) is 0 Å².